The minimum absolute atomic E-state index is 0.0502. The van der Waals surface area contributed by atoms with E-state index in [-0.39, 0.29) is 30.6 Å². The van der Waals surface area contributed by atoms with Crippen LogP contribution in [0.15, 0.2) is 54.5 Å². The fraction of sp³-hybridized carbons (Fsp3) is 0.368. The molecule has 0 spiro atoms. The number of ether oxygens (including phenoxy) is 1. The molecule has 2 unspecified atom stereocenters. The third-order valence-corrected chi connectivity index (χ3v) is 6.14. The highest BCUT2D eigenvalue weighted by Gasteiger charge is 2.38. The smallest absolute Gasteiger partial charge is 0.370 e. The van der Waals surface area contributed by atoms with Gasteiger partial charge < -0.3 is 14.2 Å². The summed E-state index contributed by atoms with van der Waals surface area (Å²) in [6, 6.07) is 3.70. The van der Waals surface area contributed by atoms with E-state index in [1.54, 1.807) is 7.05 Å². The van der Waals surface area contributed by atoms with Crippen LogP contribution >= 0.6 is 0 Å². The number of aromatic nitrogens is 2. The second-order valence-corrected chi connectivity index (χ2v) is 8.76. The van der Waals surface area contributed by atoms with Crippen LogP contribution < -0.4 is 4.72 Å². The van der Waals surface area contributed by atoms with Crippen LogP contribution in [0.4, 0.5) is 13.2 Å². The molecule has 0 aliphatic carbocycles. The van der Waals surface area contributed by atoms with Gasteiger partial charge in [0.2, 0.25) is 5.91 Å². The summed E-state index contributed by atoms with van der Waals surface area (Å²) in [6.07, 6.45) is -1.37. The Morgan fingerprint density at radius 3 is 2.55 bits per heavy atom. The fourth-order valence-corrected chi connectivity index (χ4v) is 4.38. The maximum absolute atomic E-state index is 12.7. The highest BCUT2D eigenvalue weighted by atomic mass is 32.2. The molecule has 1 aromatic heterocycles. The van der Waals surface area contributed by atoms with Gasteiger partial charge in [0.15, 0.2) is 5.03 Å². The van der Waals surface area contributed by atoms with Gasteiger partial charge in [-0.15, -0.1) is 0 Å². The minimum Gasteiger partial charge on any atom is -0.370 e. The number of alkyl halides is 3. The van der Waals surface area contributed by atoms with Gasteiger partial charge in [0.25, 0.3) is 10.0 Å². The van der Waals surface area contributed by atoms with Gasteiger partial charge in [-0.2, -0.15) is 13.2 Å². The molecular weight excluding hydrogens is 437 g/mol. The second kappa shape index (κ2) is 8.81. The topological polar surface area (TPSA) is 93.5 Å². The third kappa shape index (κ3) is 5.51. The molecule has 1 aliphatic heterocycles. The molecule has 3 rings (SSSR count). The lowest BCUT2D eigenvalue weighted by molar-refractivity contribution is -0.137. The molecule has 8 nitrogen and oxygen atoms in total. The zero-order valence-corrected chi connectivity index (χ0v) is 17.4. The molecule has 1 saturated heterocycles. The summed E-state index contributed by atoms with van der Waals surface area (Å²) in [6.45, 7) is 3.52. The van der Waals surface area contributed by atoms with Crippen molar-refractivity contribution in [1.82, 2.24) is 19.2 Å². The van der Waals surface area contributed by atoms with Crippen molar-refractivity contribution in [3.8, 4) is 0 Å². The number of imidazole rings is 1. The number of amides is 1. The first-order valence-corrected chi connectivity index (χ1v) is 10.7. The summed E-state index contributed by atoms with van der Waals surface area (Å²) >= 11 is 0. The second-order valence-electron chi connectivity index (χ2n) is 7.10. The number of hydrogen-bond acceptors (Lipinski definition) is 5. The molecule has 0 bridgehead atoms. The fourth-order valence-electron chi connectivity index (χ4n) is 3.15. The van der Waals surface area contributed by atoms with Crippen LogP contribution in [-0.4, -0.2) is 54.0 Å². The Balaban J connectivity index is 1.72. The Bertz CT molecular complexity index is 1050. The van der Waals surface area contributed by atoms with Gasteiger partial charge in [-0.3, -0.25) is 4.79 Å². The van der Waals surface area contributed by atoms with Crippen LogP contribution in [0.3, 0.4) is 0 Å². The lowest BCUT2D eigenvalue weighted by Crippen LogP contribution is -2.44. The zero-order chi connectivity index (χ0) is 22.8. The van der Waals surface area contributed by atoms with E-state index in [0.717, 1.165) is 18.2 Å². The Morgan fingerprint density at radius 2 is 2.00 bits per heavy atom. The number of aryl methyl sites for hydroxylation is 1. The Morgan fingerprint density at radius 1 is 1.32 bits per heavy atom. The van der Waals surface area contributed by atoms with Crippen LogP contribution in [0.5, 0.6) is 0 Å². The van der Waals surface area contributed by atoms with Gasteiger partial charge in [-0.25, -0.2) is 18.1 Å². The van der Waals surface area contributed by atoms with Crippen molar-refractivity contribution in [2.75, 3.05) is 13.1 Å². The SMILES string of the molecule is C=CC(=O)N1CC(NS(=O)(=O)c2cn(C)cn2)C(OCc2ccc(C(F)(F)F)cc2)C1. The summed E-state index contributed by atoms with van der Waals surface area (Å²) in [5, 5.41) is -0.176. The minimum atomic E-state index is -4.44. The van der Waals surface area contributed by atoms with Crippen molar-refractivity contribution < 1.29 is 31.1 Å². The van der Waals surface area contributed by atoms with Crippen molar-refractivity contribution in [3.05, 3.63) is 60.6 Å². The number of carbonyl (C=O) groups is 1. The number of halogens is 3. The maximum atomic E-state index is 12.7. The Kier molecular flexibility index (Phi) is 6.53. The molecule has 1 N–H and O–H groups in total. The molecule has 2 atom stereocenters. The number of sulfonamides is 1. The molecule has 2 aromatic rings. The molecule has 1 aliphatic rings. The van der Waals surface area contributed by atoms with E-state index in [4.69, 9.17) is 4.74 Å². The third-order valence-electron chi connectivity index (χ3n) is 4.76. The molecule has 1 aromatic carbocycles. The van der Waals surface area contributed by atoms with Crippen LogP contribution in [0, 0.1) is 0 Å². The predicted molar refractivity (Wildman–Crippen MR) is 104 cm³/mol. The van der Waals surface area contributed by atoms with Crippen LogP contribution in [0.2, 0.25) is 0 Å². The average Bonchev–Trinajstić information content (AvgIpc) is 3.32. The monoisotopic (exact) mass is 458 g/mol. The number of nitrogens with zero attached hydrogens (tertiary/aromatic N) is 3. The molecule has 0 saturated carbocycles. The molecule has 2 heterocycles. The number of hydrogen-bond donors (Lipinski definition) is 1. The Hall–Kier alpha value is -2.70. The van der Waals surface area contributed by atoms with Gasteiger partial charge in [0.1, 0.15) is 0 Å². The molecular formula is C19H21F3N4O4S. The number of carbonyl (C=O) groups excluding carboxylic acids is 1. The van der Waals surface area contributed by atoms with Gasteiger partial charge in [-0.1, -0.05) is 18.7 Å². The Labute approximate surface area is 177 Å². The van der Waals surface area contributed by atoms with E-state index >= 15 is 0 Å². The summed E-state index contributed by atoms with van der Waals surface area (Å²) < 4.78 is 73.1. The lowest BCUT2D eigenvalue weighted by atomic mass is 10.1. The number of likely N-dealkylation sites (tertiary alicyclic amines) is 1. The van der Waals surface area contributed by atoms with Gasteiger partial charge >= 0.3 is 6.18 Å². The molecule has 168 valence electrons. The molecule has 12 heteroatoms. The summed E-state index contributed by atoms with van der Waals surface area (Å²) in [4.78, 5) is 17.2. The van der Waals surface area contributed by atoms with E-state index in [9.17, 15) is 26.4 Å². The van der Waals surface area contributed by atoms with Crippen LogP contribution in [0.1, 0.15) is 11.1 Å². The molecule has 0 radical (unpaired) electrons. The largest absolute Gasteiger partial charge is 0.416 e. The maximum Gasteiger partial charge on any atom is 0.416 e. The summed E-state index contributed by atoms with van der Waals surface area (Å²) in [5.74, 6) is -0.386. The first-order valence-electron chi connectivity index (χ1n) is 9.19. The van der Waals surface area contributed by atoms with Crippen LogP contribution in [-0.2, 0) is 39.4 Å². The molecule has 1 amide bonds. The average molecular weight is 458 g/mol. The first-order chi connectivity index (χ1) is 14.5. The zero-order valence-electron chi connectivity index (χ0n) is 16.5. The van der Waals surface area contributed by atoms with E-state index in [0.29, 0.717) is 5.56 Å². The molecule has 31 heavy (non-hydrogen) atoms. The van der Waals surface area contributed by atoms with Crippen molar-refractivity contribution >= 4 is 15.9 Å². The van der Waals surface area contributed by atoms with E-state index in [1.807, 2.05) is 0 Å². The van der Waals surface area contributed by atoms with Crippen molar-refractivity contribution in [1.29, 1.82) is 0 Å². The highest BCUT2D eigenvalue weighted by Crippen LogP contribution is 2.29. The van der Waals surface area contributed by atoms with E-state index in [2.05, 4.69) is 16.3 Å². The standard InChI is InChI=1S/C19H21F3N4O4S/c1-3-18(27)26-8-15(24-31(28,29)17-10-25(2)12-23-17)16(9-26)30-11-13-4-6-14(7-5-13)19(20,21)22/h3-7,10,12,15-16,24H,1,8-9,11H2,2H3. The van der Waals surface area contributed by atoms with Gasteiger partial charge in [0, 0.05) is 26.3 Å². The summed E-state index contributed by atoms with van der Waals surface area (Å²) in [7, 11) is -2.34. The number of benzene rings is 1. The van der Waals surface area contributed by atoms with E-state index in [1.165, 1.54) is 34.1 Å². The normalized spacial score (nSPS) is 19.5. The van der Waals surface area contributed by atoms with Crippen molar-refractivity contribution in [2.24, 2.45) is 7.05 Å². The molecule has 1 fully saturated rings. The van der Waals surface area contributed by atoms with Crippen LogP contribution in [0.25, 0.3) is 0 Å². The van der Waals surface area contributed by atoms with Gasteiger partial charge in [0.05, 0.1) is 30.6 Å². The number of rotatable bonds is 7. The predicted octanol–water partition coefficient (Wildman–Crippen LogP) is 1.70. The van der Waals surface area contributed by atoms with Crippen molar-refractivity contribution in [3.63, 3.8) is 0 Å². The lowest BCUT2D eigenvalue weighted by Gasteiger charge is -2.19. The van der Waals surface area contributed by atoms with Gasteiger partial charge in [-0.05, 0) is 23.8 Å². The highest BCUT2D eigenvalue weighted by molar-refractivity contribution is 7.89. The summed E-state index contributed by atoms with van der Waals surface area (Å²) in [5.41, 5.74) is -0.298. The quantitative estimate of drug-likeness (QED) is 0.638. The van der Waals surface area contributed by atoms with E-state index < -0.39 is 33.9 Å². The van der Waals surface area contributed by atoms with Crippen molar-refractivity contribution in [2.45, 2.75) is 30.0 Å². The number of nitrogens with one attached hydrogen (secondary N) is 1. The first kappa shape index (κ1) is 23.0.